The van der Waals surface area contributed by atoms with Crippen molar-refractivity contribution in [1.82, 2.24) is 20.4 Å². The van der Waals surface area contributed by atoms with Crippen LogP contribution in [0.2, 0.25) is 0 Å². The van der Waals surface area contributed by atoms with Gasteiger partial charge in [0.15, 0.2) is 0 Å². The third-order valence-corrected chi connectivity index (χ3v) is 5.60. The van der Waals surface area contributed by atoms with E-state index in [1.54, 1.807) is 17.3 Å². The monoisotopic (exact) mass is 317 g/mol. The second kappa shape index (κ2) is 5.96. The fourth-order valence-electron chi connectivity index (χ4n) is 4.21. The molecule has 0 saturated carbocycles. The second-order valence-electron chi connectivity index (χ2n) is 6.94. The third-order valence-electron chi connectivity index (χ3n) is 5.60. The van der Waals surface area contributed by atoms with Gasteiger partial charge in [-0.2, -0.15) is 5.10 Å². The summed E-state index contributed by atoms with van der Waals surface area (Å²) < 4.78 is 0. The summed E-state index contributed by atoms with van der Waals surface area (Å²) >= 11 is 0. The molecule has 3 aliphatic heterocycles. The summed E-state index contributed by atoms with van der Waals surface area (Å²) in [5.74, 6) is 1.37. The average Bonchev–Trinajstić information content (AvgIpc) is 3.26. The average molecular weight is 317 g/mol. The van der Waals surface area contributed by atoms with E-state index in [0.29, 0.717) is 24.8 Å². The number of hydrogen-bond donors (Lipinski definition) is 2. The smallest absolute Gasteiger partial charge is 0.228 e. The van der Waals surface area contributed by atoms with Crippen molar-refractivity contribution in [3.8, 4) is 0 Å². The van der Waals surface area contributed by atoms with Crippen LogP contribution >= 0.6 is 0 Å². The molecule has 4 rings (SSSR count). The molecule has 7 nitrogen and oxygen atoms in total. The van der Waals surface area contributed by atoms with Crippen LogP contribution in [0.25, 0.3) is 0 Å². The van der Waals surface area contributed by atoms with Gasteiger partial charge in [-0.3, -0.25) is 14.7 Å². The fourth-order valence-corrected chi connectivity index (χ4v) is 4.21. The number of amides is 2. The zero-order valence-electron chi connectivity index (χ0n) is 13.2. The Morgan fingerprint density at radius 3 is 2.61 bits per heavy atom. The Kier molecular flexibility index (Phi) is 3.80. The lowest BCUT2D eigenvalue weighted by atomic mass is 9.92. The van der Waals surface area contributed by atoms with Crippen molar-refractivity contribution in [1.29, 1.82) is 0 Å². The SMILES string of the molecule is O=C(C1CC(=O)N(c2cn[nH]c2)C1)N1CC[C@@H]2CNC[C@@H]2CC1. The Bertz CT molecular complexity index is 573. The van der Waals surface area contributed by atoms with E-state index in [2.05, 4.69) is 15.5 Å². The van der Waals surface area contributed by atoms with Crippen LogP contribution in [-0.2, 0) is 9.59 Å². The Morgan fingerprint density at radius 2 is 1.96 bits per heavy atom. The molecule has 0 radical (unpaired) electrons. The number of rotatable bonds is 2. The summed E-state index contributed by atoms with van der Waals surface area (Å²) in [5.41, 5.74) is 0.752. The normalized spacial score (nSPS) is 31.3. The highest BCUT2D eigenvalue weighted by atomic mass is 16.2. The van der Waals surface area contributed by atoms with Gasteiger partial charge in [-0.05, 0) is 37.8 Å². The highest BCUT2D eigenvalue weighted by Crippen LogP contribution is 2.30. The van der Waals surface area contributed by atoms with E-state index >= 15 is 0 Å². The van der Waals surface area contributed by atoms with Crippen LogP contribution in [-0.4, -0.2) is 59.6 Å². The molecule has 3 atom stereocenters. The first-order valence-corrected chi connectivity index (χ1v) is 8.51. The van der Waals surface area contributed by atoms with E-state index in [4.69, 9.17) is 0 Å². The number of hydrogen-bond acceptors (Lipinski definition) is 4. The molecule has 1 aromatic heterocycles. The molecule has 0 aromatic carbocycles. The van der Waals surface area contributed by atoms with E-state index in [0.717, 1.165) is 44.7 Å². The molecule has 2 N–H and O–H groups in total. The van der Waals surface area contributed by atoms with E-state index in [-0.39, 0.29) is 17.7 Å². The minimum Gasteiger partial charge on any atom is -0.342 e. The molecule has 124 valence electrons. The number of anilines is 1. The van der Waals surface area contributed by atoms with Crippen LogP contribution in [0.5, 0.6) is 0 Å². The van der Waals surface area contributed by atoms with E-state index in [9.17, 15) is 9.59 Å². The number of fused-ring (bicyclic) bond motifs is 1. The molecule has 1 unspecified atom stereocenters. The first-order valence-electron chi connectivity index (χ1n) is 8.51. The Hall–Kier alpha value is -1.89. The number of H-pyrrole nitrogens is 1. The summed E-state index contributed by atoms with van der Waals surface area (Å²) in [6, 6.07) is 0. The van der Waals surface area contributed by atoms with Gasteiger partial charge in [-0.15, -0.1) is 0 Å². The summed E-state index contributed by atoms with van der Waals surface area (Å²) in [7, 11) is 0. The van der Waals surface area contributed by atoms with Crippen molar-refractivity contribution in [2.75, 3.05) is 37.6 Å². The minimum absolute atomic E-state index is 0.0145. The summed E-state index contributed by atoms with van der Waals surface area (Å²) in [6.07, 6.45) is 5.80. The highest BCUT2D eigenvalue weighted by Gasteiger charge is 2.39. The van der Waals surface area contributed by atoms with Crippen molar-refractivity contribution < 1.29 is 9.59 Å². The first kappa shape index (κ1) is 14.7. The van der Waals surface area contributed by atoms with E-state index in [1.807, 2.05) is 4.90 Å². The summed E-state index contributed by atoms with van der Waals surface area (Å²) in [6.45, 7) is 4.31. The van der Waals surface area contributed by atoms with Gasteiger partial charge in [0.25, 0.3) is 0 Å². The van der Waals surface area contributed by atoms with E-state index in [1.165, 1.54) is 0 Å². The molecule has 2 amide bonds. The molecule has 3 aliphatic rings. The Balaban J connectivity index is 1.40. The maximum atomic E-state index is 12.8. The van der Waals surface area contributed by atoms with Gasteiger partial charge in [0.1, 0.15) is 0 Å². The number of aromatic amines is 1. The fraction of sp³-hybridized carbons (Fsp3) is 0.688. The molecule has 3 fully saturated rings. The largest absolute Gasteiger partial charge is 0.342 e. The van der Waals surface area contributed by atoms with Crippen molar-refractivity contribution in [3.63, 3.8) is 0 Å². The lowest BCUT2D eigenvalue weighted by Gasteiger charge is -2.24. The maximum Gasteiger partial charge on any atom is 0.228 e. The maximum absolute atomic E-state index is 12.8. The number of carbonyl (C=O) groups excluding carboxylic acids is 2. The van der Waals surface area contributed by atoms with Crippen LogP contribution in [0.15, 0.2) is 12.4 Å². The highest BCUT2D eigenvalue weighted by molar-refractivity contribution is 6.00. The molecule has 0 spiro atoms. The predicted molar refractivity (Wildman–Crippen MR) is 84.7 cm³/mol. The van der Waals surface area contributed by atoms with Gasteiger partial charge in [-0.1, -0.05) is 0 Å². The lowest BCUT2D eigenvalue weighted by Crippen LogP contribution is -2.38. The first-order chi connectivity index (χ1) is 11.2. The van der Waals surface area contributed by atoms with Crippen molar-refractivity contribution >= 4 is 17.5 Å². The van der Waals surface area contributed by atoms with Crippen LogP contribution in [0.3, 0.4) is 0 Å². The topological polar surface area (TPSA) is 81.3 Å². The Labute approximate surface area is 135 Å². The molecule has 1 aromatic rings. The van der Waals surface area contributed by atoms with Crippen LogP contribution in [0, 0.1) is 17.8 Å². The molecule has 23 heavy (non-hydrogen) atoms. The molecule has 7 heteroatoms. The van der Waals surface area contributed by atoms with Gasteiger partial charge in [0.05, 0.1) is 17.8 Å². The van der Waals surface area contributed by atoms with Gasteiger partial charge in [0, 0.05) is 32.3 Å². The zero-order valence-corrected chi connectivity index (χ0v) is 13.2. The van der Waals surface area contributed by atoms with Gasteiger partial charge in [-0.25, -0.2) is 0 Å². The van der Waals surface area contributed by atoms with Crippen molar-refractivity contribution in [2.45, 2.75) is 19.3 Å². The van der Waals surface area contributed by atoms with Gasteiger partial charge >= 0.3 is 0 Å². The van der Waals surface area contributed by atoms with E-state index < -0.39 is 0 Å². The molecule has 4 heterocycles. The number of nitrogens with zero attached hydrogens (tertiary/aromatic N) is 3. The predicted octanol–water partition coefficient (Wildman–Crippen LogP) is 0.221. The molecule has 3 saturated heterocycles. The third kappa shape index (κ3) is 2.73. The molecule has 0 bridgehead atoms. The quantitative estimate of drug-likeness (QED) is 0.818. The second-order valence-corrected chi connectivity index (χ2v) is 6.94. The number of aromatic nitrogens is 2. The molecular weight excluding hydrogens is 294 g/mol. The van der Waals surface area contributed by atoms with Gasteiger partial charge < -0.3 is 15.1 Å². The minimum atomic E-state index is -0.214. The number of nitrogens with one attached hydrogen (secondary N) is 2. The molecule has 0 aliphatic carbocycles. The number of likely N-dealkylation sites (tertiary alicyclic amines) is 1. The number of carbonyl (C=O) groups is 2. The van der Waals surface area contributed by atoms with Crippen molar-refractivity contribution in [3.05, 3.63) is 12.4 Å². The zero-order chi connectivity index (χ0) is 15.8. The van der Waals surface area contributed by atoms with Crippen LogP contribution in [0.4, 0.5) is 5.69 Å². The molecular formula is C16H23N5O2. The summed E-state index contributed by atoms with van der Waals surface area (Å²) in [4.78, 5) is 28.7. The lowest BCUT2D eigenvalue weighted by molar-refractivity contribution is -0.135. The van der Waals surface area contributed by atoms with Crippen LogP contribution in [0.1, 0.15) is 19.3 Å². The summed E-state index contributed by atoms with van der Waals surface area (Å²) in [5, 5.41) is 10.1. The Morgan fingerprint density at radius 1 is 1.22 bits per heavy atom. The standard InChI is InChI=1S/C16H23N5O2/c22-15-5-13(10-21(15)14-8-18-19-9-14)16(23)20-3-1-11-6-17-7-12(11)2-4-20/h8-9,11-13,17H,1-7,10H2,(H,18,19)/t11-,12+,13?. The van der Waals surface area contributed by atoms with Crippen molar-refractivity contribution in [2.24, 2.45) is 17.8 Å². The van der Waals surface area contributed by atoms with Gasteiger partial charge in [0.2, 0.25) is 11.8 Å². The van der Waals surface area contributed by atoms with Crippen LogP contribution < -0.4 is 10.2 Å².